The number of nitrogens with zero attached hydrogens (tertiary/aromatic N) is 2. The van der Waals surface area contributed by atoms with E-state index in [0.29, 0.717) is 12.5 Å². The third-order valence-electron chi connectivity index (χ3n) is 2.93. The maximum Gasteiger partial charge on any atom is 0.189 e. The number of nitrogens with two attached hydrogens (primary N) is 1. The van der Waals surface area contributed by atoms with E-state index in [-0.39, 0.29) is 17.0 Å². The average molecular weight is 332 g/mol. The van der Waals surface area contributed by atoms with Gasteiger partial charge in [-0.3, -0.25) is 4.90 Å². The van der Waals surface area contributed by atoms with Crippen molar-refractivity contribution in [2.45, 2.75) is 6.54 Å². The van der Waals surface area contributed by atoms with Gasteiger partial charge in [-0.25, -0.2) is 4.99 Å². The van der Waals surface area contributed by atoms with Gasteiger partial charge in [0.05, 0.1) is 6.26 Å². The highest BCUT2D eigenvalue weighted by Gasteiger charge is 2.08. The van der Waals surface area contributed by atoms with Gasteiger partial charge >= 0.3 is 0 Å². The molecule has 1 aliphatic heterocycles. The maximum absolute atomic E-state index is 5.77. The number of piperazine rings is 1. The minimum absolute atomic E-state index is 0. The third kappa shape index (κ3) is 6.09. The lowest BCUT2D eigenvalue weighted by Crippen LogP contribution is -2.47. The van der Waals surface area contributed by atoms with E-state index < -0.39 is 0 Å². The van der Waals surface area contributed by atoms with Crippen LogP contribution in [-0.2, 0) is 6.54 Å². The number of hydrogen-bond donors (Lipinski definition) is 3. The molecule has 1 fully saturated rings. The lowest BCUT2D eigenvalue weighted by atomic mass is 10.3. The first kappa shape index (κ1) is 16.0. The summed E-state index contributed by atoms with van der Waals surface area (Å²) >= 11 is 0. The van der Waals surface area contributed by atoms with Crippen LogP contribution in [0.5, 0.6) is 0 Å². The summed E-state index contributed by atoms with van der Waals surface area (Å²) in [6.07, 6.45) is 1.64. The zero-order valence-corrected chi connectivity index (χ0v) is 12.7. The summed E-state index contributed by atoms with van der Waals surface area (Å²) in [6, 6.07) is 3.73. The zero-order chi connectivity index (χ0) is 12.6. The second-order valence-electron chi connectivity index (χ2n) is 4.30. The van der Waals surface area contributed by atoms with Gasteiger partial charge in [-0.1, -0.05) is 0 Å². The number of halogens is 1. The molecule has 0 aliphatic carbocycles. The Bertz CT molecular complexity index is 362. The molecule has 1 aromatic heterocycles. The summed E-state index contributed by atoms with van der Waals surface area (Å²) in [7, 11) is 0. The first-order valence-electron chi connectivity index (χ1n) is 6.34. The molecule has 1 aromatic rings. The summed E-state index contributed by atoms with van der Waals surface area (Å²) in [4.78, 5) is 6.61. The number of furan rings is 1. The molecule has 19 heavy (non-hydrogen) atoms. The Labute approximate surface area is 124 Å². The molecular weight excluding hydrogens is 310 g/mol. The summed E-state index contributed by atoms with van der Waals surface area (Å²) in [5, 5.41) is 6.45. The van der Waals surface area contributed by atoms with E-state index in [9.17, 15) is 0 Å². The lowest BCUT2D eigenvalue weighted by molar-refractivity contribution is 0.244. The van der Waals surface area contributed by atoms with Crippen molar-refractivity contribution in [3.63, 3.8) is 0 Å². The van der Waals surface area contributed by atoms with Crippen LogP contribution >= 0.6 is 17.0 Å². The van der Waals surface area contributed by atoms with Gasteiger partial charge in [-0.2, -0.15) is 0 Å². The molecule has 0 atom stereocenters. The standard InChI is InChI=1S/C12H21N5O.BrH/c13-12(16-10-11-2-1-9-18-11)15-5-8-17-6-3-14-4-7-17;/h1-2,9,14H,3-8,10H2,(H3,13,15,16);1H. The second-order valence-corrected chi connectivity index (χ2v) is 4.30. The van der Waals surface area contributed by atoms with E-state index in [1.807, 2.05) is 12.1 Å². The van der Waals surface area contributed by atoms with E-state index in [1.165, 1.54) is 0 Å². The number of rotatable bonds is 5. The van der Waals surface area contributed by atoms with E-state index in [1.54, 1.807) is 6.26 Å². The van der Waals surface area contributed by atoms with Crippen LogP contribution in [0.4, 0.5) is 0 Å². The second kappa shape index (κ2) is 8.95. The summed E-state index contributed by atoms with van der Waals surface area (Å²) < 4.78 is 5.18. The number of aliphatic imine (C=N–C) groups is 1. The first-order valence-corrected chi connectivity index (χ1v) is 6.34. The lowest BCUT2D eigenvalue weighted by Gasteiger charge is -2.27. The zero-order valence-electron chi connectivity index (χ0n) is 11.0. The Balaban J connectivity index is 0.00000180. The molecule has 0 amide bonds. The van der Waals surface area contributed by atoms with Crippen LogP contribution < -0.4 is 16.4 Å². The molecule has 1 aliphatic rings. The molecule has 0 saturated carbocycles. The highest BCUT2D eigenvalue weighted by molar-refractivity contribution is 8.93. The molecule has 2 heterocycles. The van der Waals surface area contributed by atoms with Crippen LogP contribution in [0.15, 0.2) is 27.8 Å². The quantitative estimate of drug-likeness (QED) is 0.529. The largest absolute Gasteiger partial charge is 0.467 e. The first-order chi connectivity index (χ1) is 8.84. The molecular formula is C12H22BrN5O. The van der Waals surface area contributed by atoms with Crippen LogP contribution in [0.1, 0.15) is 5.76 Å². The maximum atomic E-state index is 5.77. The highest BCUT2D eigenvalue weighted by atomic mass is 79.9. The van der Waals surface area contributed by atoms with Crippen molar-refractivity contribution in [2.75, 3.05) is 39.3 Å². The van der Waals surface area contributed by atoms with Gasteiger partial charge in [0.2, 0.25) is 0 Å². The van der Waals surface area contributed by atoms with Crippen LogP contribution in [0.2, 0.25) is 0 Å². The van der Waals surface area contributed by atoms with Crippen molar-refractivity contribution in [1.82, 2.24) is 15.5 Å². The van der Waals surface area contributed by atoms with E-state index in [0.717, 1.165) is 45.0 Å². The Morgan fingerprint density at radius 3 is 2.95 bits per heavy atom. The van der Waals surface area contributed by atoms with Gasteiger partial charge in [0.25, 0.3) is 0 Å². The van der Waals surface area contributed by atoms with Crippen molar-refractivity contribution in [1.29, 1.82) is 0 Å². The van der Waals surface area contributed by atoms with E-state index in [4.69, 9.17) is 10.2 Å². The average Bonchev–Trinajstić information content (AvgIpc) is 2.91. The Morgan fingerprint density at radius 1 is 1.47 bits per heavy atom. The fraction of sp³-hybridized carbons (Fsp3) is 0.583. The van der Waals surface area contributed by atoms with Crippen molar-refractivity contribution < 1.29 is 4.42 Å². The molecule has 0 bridgehead atoms. The summed E-state index contributed by atoms with van der Waals surface area (Å²) in [5.74, 6) is 1.29. The third-order valence-corrected chi connectivity index (χ3v) is 2.93. The molecule has 7 heteroatoms. The van der Waals surface area contributed by atoms with Crippen LogP contribution in [0.3, 0.4) is 0 Å². The topological polar surface area (TPSA) is 78.8 Å². The van der Waals surface area contributed by atoms with Crippen LogP contribution in [0, 0.1) is 0 Å². The van der Waals surface area contributed by atoms with Crippen molar-refractivity contribution in [3.8, 4) is 0 Å². The number of nitrogens with one attached hydrogen (secondary N) is 2. The molecule has 108 valence electrons. The van der Waals surface area contributed by atoms with Crippen molar-refractivity contribution in [2.24, 2.45) is 10.7 Å². The van der Waals surface area contributed by atoms with Crippen molar-refractivity contribution in [3.05, 3.63) is 24.2 Å². The molecule has 6 nitrogen and oxygen atoms in total. The Kier molecular flexibility index (Phi) is 7.54. The molecule has 0 aromatic carbocycles. The highest BCUT2D eigenvalue weighted by Crippen LogP contribution is 2.00. The van der Waals surface area contributed by atoms with Gasteiger partial charge in [-0.15, -0.1) is 17.0 Å². The van der Waals surface area contributed by atoms with Gasteiger partial charge < -0.3 is 20.8 Å². The Hall–Kier alpha value is -1.05. The fourth-order valence-corrected chi connectivity index (χ4v) is 1.90. The fourth-order valence-electron chi connectivity index (χ4n) is 1.90. The normalized spacial score (nSPS) is 16.9. The predicted molar refractivity (Wildman–Crippen MR) is 81.7 cm³/mol. The van der Waals surface area contributed by atoms with E-state index in [2.05, 4.69) is 20.5 Å². The van der Waals surface area contributed by atoms with Gasteiger partial charge in [0.1, 0.15) is 12.3 Å². The predicted octanol–water partition coefficient (Wildman–Crippen LogP) is 0.167. The van der Waals surface area contributed by atoms with Crippen LogP contribution in [-0.4, -0.2) is 50.1 Å². The number of guanidine groups is 1. The molecule has 0 radical (unpaired) electrons. The summed E-state index contributed by atoms with van der Waals surface area (Å²) in [6.45, 7) is 6.66. The minimum atomic E-state index is 0. The van der Waals surface area contributed by atoms with Crippen LogP contribution in [0.25, 0.3) is 0 Å². The minimum Gasteiger partial charge on any atom is -0.467 e. The van der Waals surface area contributed by atoms with Gasteiger partial charge in [0.15, 0.2) is 5.96 Å². The molecule has 0 spiro atoms. The Morgan fingerprint density at radius 2 is 2.26 bits per heavy atom. The summed E-state index contributed by atoms with van der Waals surface area (Å²) in [5.41, 5.74) is 5.77. The van der Waals surface area contributed by atoms with Gasteiger partial charge in [0, 0.05) is 39.3 Å². The van der Waals surface area contributed by atoms with Crippen molar-refractivity contribution >= 4 is 22.9 Å². The smallest absolute Gasteiger partial charge is 0.189 e. The number of hydrogen-bond acceptors (Lipinski definition) is 4. The van der Waals surface area contributed by atoms with Gasteiger partial charge in [-0.05, 0) is 12.1 Å². The molecule has 2 rings (SSSR count). The molecule has 4 N–H and O–H groups in total. The molecule has 0 unspecified atom stereocenters. The molecule has 1 saturated heterocycles. The monoisotopic (exact) mass is 331 g/mol. The van der Waals surface area contributed by atoms with E-state index >= 15 is 0 Å². The SMILES string of the molecule is Br.NC(=NCc1ccco1)NCCN1CCNCC1.